The van der Waals surface area contributed by atoms with Crippen molar-refractivity contribution in [2.75, 3.05) is 0 Å². The summed E-state index contributed by atoms with van der Waals surface area (Å²) in [6, 6.07) is 4.33. The van der Waals surface area contributed by atoms with Crippen LogP contribution in [0.4, 0.5) is 9.59 Å². The highest BCUT2D eigenvalue weighted by Gasteiger charge is 2.23. The van der Waals surface area contributed by atoms with Crippen LogP contribution in [-0.2, 0) is 9.47 Å². The van der Waals surface area contributed by atoms with Crippen molar-refractivity contribution >= 4 is 35.5 Å². The average molecular weight is 336 g/mol. The molecule has 1 aromatic carbocycles. The molecule has 8 heteroatoms. The van der Waals surface area contributed by atoms with Crippen LogP contribution >= 0.6 is 23.2 Å². The maximum absolute atomic E-state index is 11.7. The van der Waals surface area contributed by atoms with Crippen LogP contribution in [0.2, 0.25) is 10.0 Å². The lowest BCUT2D eigenvalue weighted by Crippen LogP contribution is -2.36. The molecule has 0 heterocycles. The van der Waals surface area contributed by atoms with Crippen LogP contribution in [0.5, 0.6) is 0 Å². The number of carboxylic acid groups (broad SMARTS) is 1. The first kappa shape index (κ1) is 17.4. The summed E-state index contributed by atoms with van der Waals surface area (Å²) in [6.07, 6.45) is -3.68. The normalized spacial score (nSPS) is 12.4. The zero-order valence-electron chi connectivity index (χ0n) is 11.6. The third-order valence-corrected chi connectivity index (χ3v) is 2.49. The van der Waals surface area contributed by atoms with E-state index in [-0.39, 0.29) is 15.6 Å². The Balaban J connectivity index is 2.95. The monoisotopic (exact) mass is 335 g/mol. The van der Waals surface area contributed by atoms with Gasteiger partial charge in [0.2, 0.25) is 6.23 Å². The van der Waals surface area contributed by atoms with Gasteiger partial charge >= 0.3 is 12.2 Å². The van der Waals surface area contributed by atoms with Gasteiger partial charge in [0.1, 0.15) is 5.60 Å². The highest BCUT2D eigenvalue weighted by Crippen LogP contribution is 2.24. The van der Waals surface area contributed by atoms with Gasteiger partial charge in [-0.15, -0.1) is 0 Å². The predicted octanol–water partition coefficient (Wildman–Crippen LogP) is 4.21. The Morgan fingerprint density at radius 3 is 2.14 bits per heavy atom. The lowest BCUT2D eigenvalue weighted by atomic mass is 10.2. The molecule has 0 aromatic heterocycles. The summed E-state index contributed by atoms with van der Waals surface area (Å²) in [7, 11) is 0. The molecule has 6 nitrogen and oxygen atoms in total. The summed E-state index contributed by atoms with van der Waals surface area (Å²) in [4.78, 5) is 22.5. The Kier molecular flexibility index (Phi) is 5.69. The van der Waals surface area contributed by atoms with Gasteiger partial charge in [-0.05, 0) is 39.0 Å². The van der Waals surface area contributed by atoms with E-state index in [1.54, 1.807) is 20.8 Å². The number of halogens is 2. The molecule has 0 aliphatic rings. The molecule has 1 amide bonds. The second-order valence-corrected chi connectivity index (χ2v) is 5.99. The van der Waals surface area contributed by atoms with Gasteiger partial charge in [-0.3, -0.25) is 5.32 Å². The van der Waals surface area contributed by atoms with E-state index in [9.17, 15) is 9.59 Å². The number of carbonyl (C=O) groups excluding carboxylic acids is 1. The van der Waals surface area contributed by atoms with Crippen LogP contribution in [-0.4, -0.2) is 23.0 Å². The molecular formula is C13H15Cl2NO5. The second-order valence-electron chi connectivity index (χ2n) is 5.11. The number of rotatable bonds is 3. The summed E-state index contributed by atoms with van der Waals surface area (Å²) in [5, 5.41) is 11.6. The predicted molar refractivity (Wildman–Crippen MR) is 77.7 cm³/mol. The fourth-order valence-electron chi connectivity index (χ4n) is 1.42. The molecule has 0 saturated heterocycles. The van der Waals surface area contributed by atoms with Gasteiger partial charge in [0.25, 0.3) is 0 Å². The molecule has 0 aliphatic heterocycles. The Morgan fingerprint density at radius 2 is 1.71 bits per heavy atom. The number of ether oxygens (including phenoxy) is 2. The minimum atomic E-state index is -1.56. The van der Waals surface area contributed by atoms with Crippen molar-refractivity contribution in [2.45, 2.75) is 32.6 Å². The lowest BCUT2D eigenvalue weighted by Gasteiger charge is -2.23. The molecule has 0 spiro atoms. The van der Waals surface area contributed by atoms with Gasteiger partial charge < -0.3 is 14.6 Å². The average Bonchev–Trinajstić information content (AvgIpc) is 2.23. The van der Waals surface area contributed by atoms with E-state index in [4.69, 9.17) is 33.0 Å². The van der Waals surface area contributed by atoms with Crippen molar-refractivity contribution in [1.29, 1.82) is 0 Å². The number of nitrogens with one attached hydrogen (secondary N) is 1. The minimum absolute atomic E-state index is 0.278. The van der Waals surface area contributed by atoms with E-state index in [0.29, 0.717) is 0 Å². The van der Waals surface area contributed by atoms with Crippen LogP contribution in [0.15, 0.2) is 18.2 Å². The number of amides is 1. The zero-order chi connectivity index (χ0) is 16.2. The number of alkyl carbamates (subject to hydrolysis) is 1. The molecule has 0 radical (unpaired) electrons. The van der Waals surface area contributed by atoms with E-state index in [2.05, 4.69) is 10.1 Å². The molecular weight excluding hydrogens is 321 g/mol. The molecule has 1 atom stereocenters. The molecule has 0 saturated carbocycles. The second kappa shape index (κ2) is 6.87. The SMILES string of the molecule is CC(C)(C)OC(=O)NC(OC(=O)O)c1cc(Cl)cc(Cl)c1. The van der Waals surface area contributed by atoms with Crippen molar-refractivity contribution in [3.05, 3.63) is 33.8 Å². The summed E-state index contributed by atoms with van der Waals surface area (Å²) in [5.74, 6) is 0. The van der Waals surface area contributed by atoms with Crippen molar-refractivity contribution in [3.63, 3.8) is 0 Å². The van der Waals surface area contributed by atoms with Gasteiger partial charge in [-0.25, -0.2) is 9.59 Å². The highest BCUT2D eigenvalue weighted by molar-refractivity contribution is 6.34. The van der Waals surface area contributed by atoms with Crippen molar-refractivity contribution in [2.24, 2.45) is 0 Å². The topological polar surface area (TPSA) is 84.9 Å². The maximum atomic E-state index is 11.7. The van der Waals surface area contributed by atoms with Gasteiger partial charge in [-0.2, -0.15) is 0 Å². The molecule has 0 bridgehead atoms. The van der Waals surface area contributed by atoms with Crippen LogP contribution in [0.25, 0.3) is 0 Å². The Hall–Kier alpha value is -1.66. The molecule has 1 rings (SSSR count). The first-order valence-electron chi connectivity index (χ1n) is 5.92. The fraction of sp³-hybridized carbons (Fsp3) is 0.385. The van der Waals surface area contributed by atoms with Gasteiger partial charge in [0.15, 0.2) is 0 Å². The minimum Gasteiger partial charge on any atom is -0.450 e. The van der Waals surface area contributed by atoms with Crippen molar-refractivity contribution < 1.29 is 24.2 Å². The Labute approximate surface area is 131 Å². The number of benzene rings is 1. The summed E-state index contributed by atoms with van der Waals surface area (Å²) >= 11 is 11.7. The molecule has 1 aromatic rings. The number of hydrogen-bond donors (Lipinski definition) is 2. The summed E-state index contributed by atoms with van der Waals surface area (Å²) in [6.45, 7) is 5.03. The fourth-order valence-corrected chi connectivity index (χ4v) is 1.97. The molecule has 1 unspecified atom stereocenters. The van der Waals surface area contributed by atoms with Gasteiger partial charge in [0, 0.05) is 15.6 Å². The molecule has 0 aliphatic carbocycles. The van der Waals surface area contributed by atoms with Gasteiger partial charge in [-0.1, -0.05) is 23.2 Å². The van der Waals surface area contributed by atoms with E-state index in [1.807, 2.05) is 0 Å². The Morgan fingerprint density at radius 1 is 1.19 bits per heavy atom. The first-order chi connectivity index (χ1) is 9.56. The summed E-state index contributed by atoms with van der Waals surface area (Å²) < 4.78 is 9.66. The largest absolute Gasteiger partial charge is 0.507 e. The molecule has 116 valence electrons. The third-order valence-electron chi connectivity index (χ3n) is 2.05. The molecule has 21 heavy (non-hydrogen) atoms. The zero-order valence-corrected chi connectivity index (χ0v) is 13.2. The maximum Gasteiger partial charge on any atom is 0.507 e. The van der Waals surface area contributed by atoms with Crippen LogP contribution in [0.3, 0.4) is 0 Å². The van der Waals surface area contributed by atoms with Gasteiger partial charge in [0.05, 0.1) is 0 Å². The van der Waals surface area contributed by atoms with E-state index in [0.717, 1.165) is 0 Å². The molecule has 2 N–H and O–H groups in total. The van der Waals surface area contributed by atoms with Crippen LogP contribution in [0, 0.1) is 0 Å². The quantitative estimate of drug-likeness (QED) is 0.638. The third kappa shape index (κ3) is 6.55. The Bertz CT molecular complexity index is 522. The molecule has 0 fully saturated rings. The lowest BCUT2D eigenvalue weighted by molar-refractivity contribution is 0.0146. The smallest absolute Gasteiger partial charge is 0.450 e. The van der Waals surface area contributed by atoms with Crippen LogP contribution in [0.1, 0.15) is 32.6 Å². The first-order valence-corrected chi connectivity index (χ1v) is 6.67. The van der Waals surface area contributed by atoms with E-state index >= 15 is 0 Å². The number of hydrogen-bond acceptors (Lipinski definition) is 4. The van der Waals surface area contributed by atoms with Crippen LogP contribution < -0.4 is 5.32 Å². The van der Waals surface area contributed by atoms with E-state index < -0.39 is 24.1 Å². The highest BCUT2D eigenvalue weighted by atomic mass is 35.5. The van der Waals surface area contributed by atoms with E-state index in [1.165, 1.54) is 18.2 Å². The van der Waals surface area contributed by atoms with Crippen molar-refractivity contribution in [3.8, 4) is 0 Å². The van der Waals surface area contributed by atoms with Crippen molar-refractivity contribution in [1.82, 2.24) is 5.32 Å². The standard InChI is InChI=1S/C13H15Cl2NO5/c1-13(2,3)21-11(17)16-10(20-12(18)19)7-4-8(14)6-9(15)5-7/h4-6,10H,1-3H3,(H,16,17)(H,18,19). The number of carbonyl (C=O) groups is 2. The summed E-state index contributed by atoms with van der Waals surface area (Å²) in [5.41, 5.74) is -0.454.